The van der Waals surface area contributed by atoms with Gasteiger partial charge in [0.05, 0.1) is 20.0 Å². The van der Waals surface area contributed by atoms with Gasteiger partial charge in [-0.15, -0.1) is 0 Å². The quantitative estimate of drug-likeness (QED) is 0.491. The first-order valence-corrected chi connectivity index (χ1v) is 10.2. The summed E-state index contributed by atoms with van der Waals surface area (Å²) in [7, 11) is 0. The number of anilines is 1. The summed E-state index contributed by atoms with van der Waals surface area (Å²) in [4.78, 5) is 32.1. The SMILES string of the molecule is Cc1cc2nc(N3CCN(C(=O)c4ccc([N+](=O)[O-])s4)CC3)sc2cc1C. The predicted molar refractivity (Wildman–Crippen MR) is 108 cm³/mol. The van der Waals surface area contributed by atoms with E-state index < -0.39 is 4.92 Å². The molecule has 4 rings (SSSR count). The topological polar surface area (TPSA) is 79.6 Å². The van der Waals surface area contributed by atoms with Crippen molar-refractivity contribution in [1.82, 2.24) is 9.88 Å². The highest BCUT2D eigenvalue weighted by Crippen LogP contribution is 2.31. The number of nitrogens with zero attached hydrogens (tertiary/aromatic N) is 4. The van der Waals surface area contributed by atoms with Crippen molar-refractivity contribution in [2.75, 3.05) is 31.1 Å². The summed E-state index contributed by atoms with van der Waals surface area (Å²) < 4.78 is 1.18. The largest absolute Gasteiger partial charge is 0.345 e. The lowest BCUT2D eigenvalue weighted by atomic mass is 10.1. The summed E-state index contributed by atoms with van der Waals surface area (Å²) in [6.45, 7) is 6.77. The number of hydrogen-bond acceptors (Lipinski definition) is 7. The maximum atomic E-state index is 12.6. The van der Waals surface area contributed by atoms with Gasteiger partial charge in [0.15, 0.2) is 5.13 Å². The molecule has 0 saturated carbocycles. The first kappa shape index (κ1) is 17.9. The Morgan fingerprint density at radius 3 is 2.48 bits per heavy atom. The Bertz CT molecular complexity index is 996. The van der Waals surface area contributed by atoms with E-state index in [2.05, 4.69) is 30.9 Å². The number of fused-ring (bicyclic) bond motifs is 1. The fourth-order valence-corrected chi connectivity index (χ4v) is 4.99. The molecule has 0 atom stereocenters. The zero-order valence-electron chi connectivity index (χ0n) is 15.0. The third-order valence-corrected chi connectivity index (χ3v) is 6.92. The number of benzene rings is 1. The Hall–Kier alpha value is -2.52. The van der Waals surface area contributed by atoms with Crippen molar-refractivity contribution in [3.8, 4) is 0 Å². The highest BCUT2D eigenvalue weighted by molar-refractivity contribution is 7.22. The Labute approximate surface area is 164 Å². The van der Waals surface area contributed by atoms with Gasteiger partial charge in [-0.3, -0.25) is 14.9 Å². The minimum atomic E-state index is -0.462. The lowest BCUT2D eigenvalue weighted by Crippen LogP contribution is -2.48. The van der Waals surface area contributed by atoms with Crippen LogP contribution in [-0.2, 0) is 0 Å². The molecule has 0 aliphatic carbocycles. The zero-order chi connectivity index (χ0) is 19.1. The molecular weight excluding hydrogens is 384 g/mol. The Kier molecular flexibility index (Phi) is 4.56. The molecule has 1 aromatic carbocycles. The molecule has 7 nitrogen and oxygen atoms in total. The fourth-order valence-electron chi connectivity index (χ4n) is 3.10. The van der Waals surface area contributed by atoms with Crippen molar-refractivity contribution < 1.29 is 9.72 Å². The van der Waals surface area contributed by atoms with E-state index in [-0.39, 0.29) is 10.9 Å². The molecule has 0 spiro atoms. The molecular formula is C18H18N4O3S2. The van der Waals surface area contributed by atoms with Crippen molar-refractivity contribution in [1.29, 1.82) is 0 Å². The van der Waals surface area contributed by atoms with Gasteiger partial charge in [0, 0.05) is 32.2 Å². The summed E-state index contributed by atoms with van der Waals surface area (Å²) in [5.74, 6) is -0.136. The number of piperazine rings is 1. The molecule has 2 aromatic heterocycles. The van der Waals surface area contributed by atoms with Gasteiger partial charge < -0.3 is 9.80 Å². The van der Waals surface area contributed by atoms with E-state index >= 15 is 0 Å². The molecule has 1 saturated heterocycles. The summed E-state index contributed by atoms with van der Waals surface area (Å²) in [6, 6.07) is 7.22. The van der Waals surface area contributed by atoms with Gasteiger partial charge in [-0.25, -0.2) is 4.98 Å². The van der Waals surface area contributed by atoms with E-state index in [0.29, 0.717) is 31.1 Å². The Balaban J connectivity index is 1.45. The molecule has 1 aliphatic rings. The first-order chi connectivity index (χ1) is 12.9. The number of aryl methyl sites for hydroxylation is 2. The molecule has 1 aliphatic heterocycles. The standard InChI is InChI=1S/C18H18N4O3S2/c1-11-9-13-15(10-12(11)2)27-18(19-13)21-7-5-20(6-8-21)17(23)14-3-4-16(26-14)22(24)25/h3-4,9-10H,5-8H2,1-2H3. The number of carbonyl (C=O) groups is 1. The van der Waals surface area contributed by atoms with Crippen molar-refractivity contribution in [2.45, 2.75) is 13.8 Å². The molecule has 0 N–H and O–H groups in total. The van der Waals surface area contributed by atoms with E-state index in [1.54, 1.807) is 16.2 Å². The molecule has 27 heavy (non-hydrogen) atoms. The van der Waals surface area contributed by atoms with E-state index in [4.69, 9.17) is 4.98 Å². The third-order valence-electron chi connectivity index (χ3n) is 4.81. The van der Waals surface area contributed by atoms with E-state index in [9.17, 15) is 14.9 Å². The average Bonchev–Trinajstić information content (AvgIpc) is 3.29. The molecule has 3 heterocycles. The number of thiophene rings is 1. The number of carbonyl (C=O) groups excluding carboxylic acids is 1. The minimum Gasteiger partial charge on any atom is -0.345 e. The van der Waals surface area contributed by atoms with Crippen molar-refractivity contribution >= 4 is 48.9 Å². The fraction of sp³-hybridized carbons (Fsp3) is 0.333. The maximum absolute atomic E-state index is 12.6. The van der Waals surface area contributed by atoms with Gasteiger partial charge in [-0.1, -0.05) is 22.7 Å². The number of rotatable bonds is 3. The smallest absolute Gasteiger partial charge is 0.324 e. The molecule has 3 aromatic rings. The first-order valence-electron chi connectivity index (χ1n) is 8.58. The molecule has 1 amide bonds. The lowest BCUT2D eigenvalue weighted by molar-refractivity contribution is -0.380. The van der Waals surface area contributed by atoms with Crippen LogP contribution < -0.4 is 4.90 Å². The Morgan fingerprint density at radius 1 is 1.11 bits per heavy atom. The van der Waals surface area contributed by atoms with E-state index in [1.165, 1.54) is 28.0 Å². The average molecular weight is 403 g/mol. The van der Waals surface area contributed by atoms with Crippen LogP contribution in [0.1, 0.15) is 20.8 Å². The molecule has 0 radical (unpaired) electrons. The van der Waals surface area contributed by atoms with E-state index in [1.807, 2.05) is 0 Å². The van der Waals surface area contributed by atoms with Crippen molar-refractivity contribution in [2.24, 2.45) is 0 Å². The van der Waals surface area contributed by atoms with E-state index in [0.717, 1.165) is 22.0 Å². The number of amides is 1. The lowest BCUT2D eigenvalue weighted by Gasteiger charge is -2.34. The van der Waals surface area contributed by atoms with Crippen LogP contribution in [0.4, 0.5) is 10.1 Å². The molecule has 140 valence electrons. The second-order valence-electron chi connectivity index (χ2n) is 6.57. The van der Waals surface area contributed by atoms with Crippen LogP contribution in [0.2, 0.25) is 0 Å². The summed E-state index contributed by atoms with van der Waals surface area (Å²) in [5, 5.41) is 11.8. The number of thiazole rings is 1. The van der Waals surface area contributed by atoms with Gasteiger partial charge in [0.25, 0.3) is 5.91 Å². The number of hydrogen-bond donors (Lipinski definition) is 0. The van der Waals surface area contributed by atoms with Crippen LogP contribution in [-0.4, -0.2) is 46.9 Å². The second kappa shape index (κ2) is 6.90. The Morgan fingerprint density at radius 2 is 1.81 bits per heavy atom. The van der Waals surface area contributed by atoms with Crippen LogP contribution in [0.5, 0.6) is 0 Å². The predicted octanol–water partition coefficient (Wildman–Crippen LogP) is 3.85. The number of nitro groups is 1. The third kappa shape index (κ3) is 3.40. The van der Waals surface area contributed by atoms with Crippen molar-refractivity contribution in [3.63, 3.8) is 0 Å². The second-order valence-corrected chi connectivity index (χ2v) is 8.65. The zero-order valence-corrected chi connectivity index (χ0v) is 16.6. The summed E-state index contributed by atoms with van der Waals surface area (Å²) >= 11 is 2.61. The minimum absolute atomic E-state index is 0.00273. The van der Waals surface area contributed by atoms with Crippen LogP contribution in [0.15, 0.2) is 24.3 Å². The normalized spacial score (nSPS) is 14.7. The van der Waals surface area contributed by atoms with Crippen LogP contribution in [0.25, 0.3) is 10.2 Å². The monoisotopic (exact) mass is 402 g/mol. The molecule has 0 unspecified atom stereocenters. The van der Waals surface area contributed by atoms with Gasteiger partial charge in [0.1, 0.15) is 0 Å². The van der Waals surface area contributed by atoms with Crippen LogP contribution in [0, 0.1) is 24.0 Å². The van der Waals surface area contributed by atoms with Gasteiger partial charge >= 0.3 is 5.00 Å². The maximum Gasteiger partial charge on any atom is 0.324 e. The highest BCUT2D eigenvalue weighted by Gasteiger charge is 2.26. The summed E-state index contributed by atoms with van der Waals surface area (Å²) in [5.41, 5.74) is 3.51. The molecule has 1 fully saturated rings. The van der Waals surface area contributed by atoms with Gasteiger partial charge in [-0.05, 0) is 43.2 Å². The number of aromatic nitrogens is 1. The van der Waals surface area contributed by atoms with Gasteiger partial charge in [-0.2, -0.15) is 0 Å². The van der Waals surface area contributed by atoms with Crippen molar-refractivity contribution in [3.05, 3.63) is 50.4 Å². The van der Waals surface area contributed by atoms with Crippen LogP contribution >= 0.6 is 22.7 Å². The molecule has 9 heteroatoms. The highest BCUT2D eigenvalue weighted by atomic mass is 32.1. The van der Waals surface area contributed by atoms with Crippen LogP contribution in [0.3, 0.4) is 0 Å². The molecule has 0 bridgehead atoms. The van der Waals surface area contributed by atoms with Gasteiger partial charge in [0.2, 0.25) is 0 Å². The summed E-state index contributed by atoms with van der Waals surface area (Å²) in [6.07, 6.45) is 0.